The van der Waals surface area contributed by atoms with E-state index in [4.69, 9.17) is 10.5 Å². The summed E-state index contributed by atoms with van der Waals surface area (Å²) < 4.78 is 6.04. The number of esters is 1. The van der Waals surface area contributed by atoms with Crippen LogP contribution >= 0.6 is 0 Å². The number of hydrogen-bond acceptors (Lipinski definition) is 5. The molecular weight excluding hydrogens is 709 g/mol. The number of amides is 1. The van der Waals surface area contributed by atoms with E-state index < -0.39 is 12.0 Å². The highest BCUT2D eigenvalue weighted by Crippen LogP contribution is 2.18. The maximum Gasteiger partial charge on any atom is 0.326 e. The van der Waals surface area contributed by atoms with Gasteiger partial charge in [-0.25, -0.2) is 4.79 Å². The molecule has 0 fully saturated rings. The van der Waals surface area contributed by atoms with Gasteiger partial charge in [-0.05, 0) is 109 Å². The maximum atomic E-state index is 12.8. The van der Waals surface area contributed by atoms with Crippen LogP contribution in [-0.2, 0) is 19.1 Å². The van der Waals surface area contributed by atoms with Crippen LogP contribution < -0.4 is 11.1 Å². The molecule has 0 aliphatic carbocycles. The normalized spacial score (nSPS) is 12.9. The van der Waals surface area contributed by atoms with Crippen molar-refractivity contribution < 1.29 is 24.2 Å². The molecule has 332 valence electrons. The van der Waals surface area contributed by atoms with E-state index in [2.05, 4.69) is 55.6 Å². The van der Waals surface area contributed by atoms with Gasteiger partial charge >= 0.3 is 11.9 Å². The first-order valence-electron chi connectivity index (χ1n) is 24.3. The minimum Gasteiger partial charge on any atom is -0.480 e. The van der Waals surface area contributed by atoms with E-state index in [0.29, 0.717) is 32.2 Å². The van der Waals surface area contributed by atoms with Gasteiger partial charge in [-0.3, -0.25) is 9.59 Å². The molecule has 0 aliphatic heterocycles. The summed E-state index contributed by atoms with van der Waals surface area (Å²) in [5.41, 5.74) is 5.49. The third-order valence-electron chi connectivity index (χ3n) is 10.9. The maximum absolute atomic E-state index is 12.8. The molecular formula is C50H92N2O5. The molecule has 0 saturated heterocycles. The number of allylic oxidation sites excluding steroid dienone is 6. The van der Waals surface area contributed by atoms with E-state index >= 15 is 0 Å². The molecule has 7 heteroatoms. The van der Waals surface area contributed by atoms with Crippen LogP contribution in [0.3, 0.4) is 0 Å². The quantitative estimate of drug-likeness (QED) is 0.0321. The van der Waals surface area contributed by atoms with Crippen molar-refractivity contribution in [2.45, 2.75) is 257 Å². The van der Waals surface area contributed by atoms with Crippen LogP contribution in [0.4, 0.5) is 0 Å². The van der Waals surface area contributed by atoms with Gasteiger partial charge in [0.1, 0.15) is 12.1 Å². The molecule has 0 rings (SSSR count). The summed E-state index contributed by atoms with van der Waals surface area (Å²) >= 11 is 0. The monoisotopic (exact) mass is 801 g/mol. The van der Waals surface area contributed by atoms with Crippen LogP contribution in [-0.4, -0.2) is 41.6 Å². The molecule has 1 amide bonds. The number of nitrogens with two attached hydrogens (primary N) is 1. The van der Waals surface area contributed by atoms with Gasteiger partial charge in [-0.2, -0.15) is 0 Å². The third kappa shape index (κ3) is 41.5. The van der Waals surface area contributed by atoms with Gasteiger partial charge in [0.05, 0.1) is 0 Å². The van der Waals surface area contributed by atoms with Crippen molar-refractivity contribution in [2.24, 2.45) is 5.73 Å². The Balaban J connectivity index is 4.34. The Morgan fingerprint density at radius 3 is 1.44 bits per heavy atom. The van der Waals surface area contributed by atoms with Crippen LogP contribution in [0.15, 0.2) is 36.5 Å². The fraction of sp³-hybridized carbons (Fsp3) is 0.820. The molecule has 4 N–H and O–H groups in total. The van der Waals surface area contributed by atoms with Gasteiger partial charge in [0, 0.05) is 12.8 Å². The van der Waals surface area contributed by atoms with Crippen LogP contribution in [0.5, 0.6) is 0 Å². The number of carbonyl (C=O) groups is 3. The van der Waals surface area contributed by atoms with E-state index in [9.17, 15) is 19.5 Å². The van der Waals surface area contributed by atoms with Crippen LogP contribution in [0.2, 0.25) is 0 Å². The standard InChI is InChI=1S/C50H92N2O5/c1-3-5-7-9-11-13-15-17-18-19-20-21-23-25-27-29-34-38-44-49(54)57-46(40-35-31-28-26-24-22-16-14-12-10-8-6-4-2)41-36-32-30-33-37-43-48(53)52-47(50(55)56)42-39-45-51/h16,18-19,22,26,28,46-47H,3-15,17,20-21,23-25,27,29-45,51H2,1-2H3,(H,52,53)(H,55,56)/b19-18-,22-16-,28-26-. The molecule has 0 aromatic rings. The zero-order valence-electron chi connectivity index (χ0n) is 37.4. The molecule has 57 heavy (non-hydrogen) atoms. The number of aliphatic carboxylic acids is 1. The Bertz CT molecular complexity index is 993. The number of carboxylic acid groups (broad SMARTS) is 1. The number of nitrogens with one attached hydrogen (secondary N) is 1. The summed E-state index contributed by atoms with van der Waals surface area (Å²) in [6, 6.07) is -0.861. The van der Waals surface area contributed by atoms with Crippen molar-refractivity contribution in [3.63, 3.8) is 0 Å². The van der Waals surface area contributed by atoms with E-state index in [0.717, 1.165) is 77.0 Å². The Hall–Kier alpha value is -2.41. The van der Waals surface area contributed by atoms with Crippen molar-refractivity contribution in [3.8, 4) is 0 Å². The minimum absolute atomic E-state index is 0.0321. The lowest BCUT2D eigenvalue weighted by atomic mass is 10.0. The number of rotatable bonds is 44. The first kappa shape index (κ1) is 54.6. The highest BCUT2D eigenvalue weighted by atomic mass is 16.5. The summed E-state index contributed by atoms with van der Waals surface area (Å²) in [7, 11) is 0. The minimum atomic E-state index is -1.01. The zero-order valence-corrected chi connectivity index (χ0v) is 37.4. The largest absolute Gasteiger partial charge is 0.480 e. The number of carboxylic acids is 1. The second-order valence-electron chi connectivity index (χ2n) is 16.5. The second-order valence-corrected chi connectivity index (χ2v) is 16.5. The first-order chi connectivity index (χ1) is 27.9. The number of unbranched alkanes of at least 4 members (excludes halogenated alkanes) is 24. The fourth-order valence-corrected chi connectivity index (χ4v) is 7.25. The molecule has 7 nitrogen and oxygen atoms in total. The van der Waals surface area contributed by atoms with Crippen LogP contribution in [0.1, 0.15) is 245 Å². The summed E-state index contributed by atoms with van der Waals surface area (Å²) in [5, 5.41) is 12.0. The summed E-state index contributed by atoms with van der Waals surface area (Å²) in [6.45, 7) is 4.94. The topological polar surface area (TPSA) is 119 Å². The lowest BCUT2D eigenvalue weighted by Crippen LogP contribution is -2.40. The predicted octanol–water partition coefficient (Wildman–Crippen LogP) is 14.2. The van der Waals surface area contributed by atoms with Crippen LogP contribution in [0.25, 0.3) is 0 Å². The average Bonchev–Trinajstić information content (AvgIpc) is 3.20. The first-order valence-corrected chi connectivity index (χ1v) is 24.3. The Kier molecular flexibility index (Phi) is 42.8. The van der Waals surface area contributed by atoms with E-state index in [1.165, 1.54) is 128 Å². The third-order valence-corrected chi connectivity index (χ3v) is 10.9. The number of ether oxygens (including phenoxy) is 1. The van der Waals surface area contributed by atoms with E-state index in [1.807, 2.05) is 0 Å². The average molecular weight is 801 g/mol. The van der Waals surface area contributed by atoms with Crippen LogP contribution in [0, 0.1) is 0 Å². The van der Waals surface area contributed by atoms with Gasteiger partial charge < -0.3 is 20.9 Å². The van der Waals surface area contributed by atoms with Crippen molar-refractivity contribution >= 4 is 17.8 Å². The van der Waals surface area contributed by atoms with Gasteiger partial charge in [-0.15, -0.1) is 0 Å². The number of hydrogen-bond donors (Lipinski definition) is 3. The summed E-state index contributed by atoms with van der Waals surface area (Å²) in [5.74, 6) is -1.26. The Labute approximate surface area is 352 Å². The van der Waals surface area contributed by atoms with Crippen molar-refractivity contribution in [1.82, 2.24) is 5.32 Å². The molecule has 0 aliphatic rings. The molecule has 2 unspecified atom stereocenters. The smallest absolute Gasteiger partial charge is 0.326 e. The van der Waals surface area contributed by atoms with Gasteiger partial charge in [0.2, 0.25) is 5.91 Å². The number of carbonyl (C=O) groups excluding carboxylic acids is 2. The Morgan fingerprint density at radius 1 is 0.509 bits per heavy atom. The molecule has 0 heterocycles. The van der Waals surface area contributed by atoms with E-state index in [1.54, 1.807) is 0 Å². The van der Waals surface area contributed by atoms with Gasteiger partial charge in [0.15, 0.2) is 0 Å². The lowest BCUT2D eigenvalue weighted by Gasteiger charge is -2.18. The highest BCUT2D eigenvalue weighted by molar-refractivity contribution is 5.83. The molecule has 0 saturated carbocycles. The SMILES string of the molecule is CCCCCCC/C=C\C/C=C\CCCC(CCCCCCCC(=O)NC(CCCN)C(=O)O)OC(=O)CCCCCCCCC/C=C\CCCCCCCCC. The van der Waals surface area contributed by atoms with Crippen molar-refractivity contribution in [2.75, 3.05) is 6.54 Å². The lowest BCUT2D eigenvalue weighted by molar-refractivity contribution is -0.150. The zero-order chi connectivity index (χ0) is 41.7. The molecule has 0 aromatic heterocycles. The molecule has 0 aromatic carbocycles. The predicted molar refractivity (Wildman–Crippen MR) is 243 cm³/mol. The van der Waals surface area contributed by atoms with Gasteiger partial charge in [0.25, 0.3) is 0 Å². The summed E-state index contributed by atoms with van der Waals surface area (Å²) in [6.07, 6.45) is 53.4. The van der Waals surface area contributed by atoms with Gasteiger partial charge in [-0.1, -0.05) is 166 Å². The van der Waals surface area contributed by atoms with Crippen molar-refractivity contribution in [1.29, 1.82) is 0 Å². The highest BCUT2D eigenvalue weighted by Gasteiger charge is 2.19. The fourth-order valence-electron chi connectivity index (χ4n) is 7.25. The molecule has 0 radical (unpaired) electrons. The molecule has 2 atom stereocenters. The molecule has 0 bridgehead atoms. The van der Waals surface area contributed by atoms with E-state index in [-0.39, 0.29) is 18.0 Å². The van der Waals surface area contributed by atoms with Crippen molar-refractivity contribution in [3.05, 3.63) is 36.5 Å². The second kappa shape index (κ2) is 44.7. The Morgan fingerprint density at radius 2 is 0.930 bits per heavy atom. The summed E-state index contributed by atoms with van der Waals surface area (Å²) in [4.78, 5) is 36.5. The molecule has 0 spiro atoms.